The summed E-state index contributed by atoms with van der Waals surface area (Å²) in [4.78, 5) is 1.36. The van der Waals surface area contributed by atoms with Gasteiger partial charge in [-0.3, -0.25) is 0 Å². The molecule has 0 bridgehead atoms. The van der Waals surface area contributed by atoms with Crippen LogP contribution in [0.2, 0.25) is 4.34 Å². The van der Waals surface area contributed by atoms with Crippen LogP contribution in [0.1, 0.15) is 30.2 Å². The third kappa shape index (κ3) is 2.41. The molecule has 0 amide bonds. The number of rotatable bonds is 1. The molecule has 3 aliphatic rings. The molecule has 1 aromatic rings. The Balaban J connectivity index is 1.70. The van der Waals surface area contributed by atoms with Crippen LogP contribution in [0.5, 0.6) is 0 Å². The van der Waals surface area contributed by atoms with Crippen molar-refractivity contribution in [2.45, 2.75) is 43.9 Å². The molecule has 3 aliphatic heterocycles. The van der Waals surface area contributed by atoms with E-state index in [1.54, 1.807) is 11.3 Å². The molecule has 0 aromatic carbocycles. The first-order valence-corrected chi connectivity index (χ1v) is 8.72. The lowest BCUT2D eigenvalue weighted by Crippen LogP contribution is -2.54. The van der Waals surface area contributed by atoms with Crippen LogP contribution in [-0.2, 0) is 16.8 Å². The maximum absolute atomic E-state index is 6.35. The topological polar surface area (TPSA) is 45.3 Å². The lowest BCUT2D eigenvalue weighted by molar-refractivity contribution is -0.0918. The van der Waals surface area contributed by atoms with Crippen LogP contribution in [-0.4, -0.2) is 25.2 Å². The molecule has 1 fully saturated rings. The van der Waals surface area contributed by atoms with Gasteiger partial charge in [-0.15, -0.1) is 11.3 Å². The van der Waals surface area contributed by atoms with Gasteiger partial charge in [-0.25, -0.2) is 5.43 Å². The highest BCUT2D eigenvalue weighted by Crippen LogP contribution is 2.48. The predicted octanol–water partition coefficient (Wildman–Crippen LogP) is 2.30. The molecule has 1 saturated heterocycles. The van der Waals surface area contributed by atoms with Gasteiger partial charge in [0.2, 0.25) is 0 Å². The number of halogens is 1. The Morgan fingerprint density at radius 1 is 1.43 bits per heavy atom. The summed E-state index contributed by atoms with van der Waals surface area (Å²) in [6.07, 6.45) is 5.06. The van der Waals surface area contributed by atoms with Crippen molar-refractivity contribution in [2.75, 3.05) is 13.2 Å². The Kier molecular flexibility index (Phi) is 3.51. The summed E-state index contributed by atoms with van der Waals surface area (Å²) in [5, 5.41) is 3.71. The third-order valence-corrected chi connectivity index (χ3v) is 6.19. The number of hydrazine groups is 1. The zero-order chi connectivity index (χ0) is 14.4. The van der Waals surface area contributed by atoms with E-state index in [0.29, 0.717) is 12.1 Å². The highest BCUT2D eigenvalue weighted by Gasteiger charge is 2.46. The first-order valence-electron chi connectivity index (χ1n) is 7.52. The maximum atomic E-state index is 6.35. The molecule has 4 rings (SSSR count). The zero-order valence-corrected chi connectivity index (χ0v) is 13.6. The minimum atomic E-state index is -0.163. The summed E-state index contributed by atoms with van der Waals surface area (Å²) >= 11 is 7.97. The molecular formula is C15H20ClN3OS. The summed E-state index contributed by atoms with van der Waals surface area (Å²) in [6.45, 7) is 3.94. The van der Waals surface area contributed by atoms with Gasteiger partial charge in [0.15, 0.2) is 0 Å². The van der Waals surface area contributed by atoms with E-state index in [9.17, 15) is 0 Å². The minimum absolute atomic E-state index is 0.163. The number of fused-ring (bicyclic) bond motifs is 2. The Morgan fingerprint density at radius 2 is 2.33 bits per heavy atom. The second-order valence-corrected chi connectivity index (χ2v) is 7.93. The van der Waals surface area contributed by atoms with Gasteiger partial charge in [0.05, 0.1) is 10.9 Å². The predicted molar refractivity (Wildman–Crippen MR) is 85.5 cm³/mol. The smallest absolute Gasteiger partial charge is 0.106 e. The van der Waals surface area contributed by atoms with Crippen LogP contribution in [0.15, 0.2) is 17.8 Å². The quantitative estimate of drug-likeness (QED) is 0.741. The number of nitrogens with one attached hydrogen (secondary N) is 3. The second-order valence-electron chi connectivity index (χ2n) is 6.24. The number of ether oxygens (including phenoxy) is 1. The molecule has 0 radical (unpaired) electrons. The van der Waals surface area contributed by atoms with E-state index in [0.717, 1.165) is 36.8 Å². The van der Waals surface area contributed by atoms with Gasteiger partial charge >= 0.3 is 0 Å². The molecule has 21 heavy (non-hydrogen) atoms. The van der Waals surface area contributed by atoms with Crippen molar-refractivity contribution < 1.29 is 4.74 Å². The molecule has 0 unspecified atom stereocenters. The van der Waals surface area contributed by atoms with Crippen molar-refractivity contribution in [3.63, 3.8) is 0 Å². The highest BCUT2D eigenvalue weighted by atomic mass is 35.5. The molecule has 0 saturated carbocycles. The van der Waals surface area contributed by atoms with Crippen molar-refractivity contribution >= 4 is 22.9 Å². The summed E-state index contributed by atoms with van der Waals surface area (Å²) in [7, 11) is 0. The van der Waals surface area contributed by atoms with Gasteiger partial charge in [-0.05, 0) is 37.0 Å². The van der Waals surface area contributed by atoms with Crippen molar-refractivity contribution in [1.29, 1.82) is 0 Å². The lowest BCUT2D eigenvalue weighted by atomic mass is 9.78. The van der Waals surface area contributed by atoms with Crippen LogP contribution in [0.25, 0.3) is 0 Å². The van der Waals surface area contributed by atoms with Crippen molar-refractivity contribution in [2.24, 2.45) is 0 Å². The number of thiophene rings is 1. The summed E-state index contributed by atoms with van der Waals surface area (Å²) in [5.41, 5.74) is 8.85. The molecule has 6 heteroatoms. The van der Waals surface area contributed by atoms with Crippen LogP contribution >= 0.6 is 22.9 Å². The Hall–Kier alpha value is -0.590. The number of hydrogen-bond acceptors (Lipinski definition) is 5. The van der Waals surface area contributed by atoms with Gasteiger partial charge in [0, 0.05) is 36.1 Å². The Labute approximate surface area is 133 Å². The van der Waals surface area contributed by atoms with E-state index in [1.165, 1.54) is 16.0 Å². The molecule has 4 heterocycles. The van der Waals surface area contributed by atoms with Crippen LogP contribution in [0.3, 0.4) is 0 Å². The van der Waals surface area contributed by atoms with E-state index in [4.69, 9.17) is 16.3 Å². The molecule has 1 spiro atoms. The zero-order valence-electron chi connectivity index (χ0n) is 12.0. The van der Waals surface area contributed by atoms with Crippen molar-refractivity contribution in [3.05, 3.63) is 32.6 Å². The molecule has 3 atom stereocenters. The van der Waals surface area contributed by atoms with E-state index < -0.39 is 0 Å². The molecule has 114 valence electrons. The molecule has 3 N–H and O–H groups in total. The largest absolute Gasteiger partial charge is 0.369 e. The van der Waals surface area contributed by atoms with E-state index in [1.807, 2.05) is 0 Å². The van der Waals surface area contributed by atoms with Gasteiger partial charge in [-0.1, -0.05) is 11.6 Å². The fraction of sp³-hybridized carbons (Fsp3) is 0.600. The summed E-state index contributed by atoms with van der Waals surface area (Å²) in [6, 6.07) is 2.91. The number of piperidine rings is 1. The average Bonchev–Trinajstić information content (AvgIpc) is 3.07. The average molecular weight is 326 g/mol. The van der Waals surface area contributed by atoms with Crippen LogP contribution in [0, 0.1) is 0 Å². The molecule has 1 aromatic heterocycles. The van der Waals surface area contributed by atoms with E-state index >= 15 is 0 Å². The first-order chi connectivity index (χ1) is 10.2. The molecule has 0 aliphatic carbocycles. The molecular weight excluding hydrogens is 306 g/mol. The third-order valence-electron chi connectivity index (χ3n) is 4.70. The van der Waals surface area contributed by atoms with Crippen molar-refractivity contribution in [1.82, 2.24) is 16.2 Å². The van der Waals surface area contributed by atoms with Crippen molar-refractivity contribution in [3.8, 4) is 0 Å². The summed E-state index contributed by atoms with van der Waals surface area (Å²) in [5.74, 6) is 0. The Morgan fingerprint density at radius 3 is 3.14 bits per heavy atom. The van der Waals surface area contributed by atoms with E-state index in [2.05, 4.69) is 35.4 Å². The minimum Gasteiger partial charge on any atom is -0.369 e. The number of hydrogen-bond donors (Lipinski definition) is 3. The molecule has 4 nitrogen and oxygen atoms in total. The standard InChI is InChI=1S/C15H20ClN3OS/c1-9-5-15(6-12(19-9)11-7-17-18-8-11)14-10(2-3-20-15)4-13(16)21-14/h4,7,9,12,17-19H,2-3,5-6,8H2,1H3/t9-,12-,15-/m0/s1. The van der Waals surface area contributed by atoms with Gasteiger partial charge in [0.1, 0.15) is 5.60 Å². The monoisotopic (exact) mass is 325 g/mol. The fourth-order valence-electron chi connectivity index (χ4n) is 3.87. The van der Waals surface area contributed by atoms with Gasteiger partial charge in [0.25, 0.3) is 0 Å². The van der Waals surface area contributed by atoms with Crippen LogP contribution in [0.4, 0.5) is 0 Å². The first kappa shape index (κ1) is 14.0. The van der Waals surface area contributed by atoms with Gasteiger partial charge in [-0.2, -0.15) is 0 Å². The highest BCUT2D eigenvalue weighted by molar-refractivity contribution is 7.16. The normalized spacial score (nSPS) is 35.4. The Bertz CT molecular complexity index is 587. The second kappa shape index (κ2) is 5.25. The maximum Gasteiger partial charge on any atom is 0.106 e. The van der Waals surface area contributed by atoms with Crippen LogP contribution < -0.4 is 16.2 Å². The SMILES string of the molecule is C[C@H]1C[C@@]2(C[C@@H](C3=CNNC3)N1)OCCc1cc(Cl)sc12. The van der Waals surface area contributed by atoms with E-state index in [-0.39, 0.29) is 5.60 Å². The van der Waals surface area contributed by atoms with Gasteiger partial charge < -0.3 is 15.5 Å². The lowest BCUT2D eigenvalue weighted by Gasteiger charge is -2.46. The fourth-order valence-corrected chi connectivity index (χ4v) is 5.33. The summed E-state index contributed by atoms with van der Waals surface area (Å²) < 4.78 is 7.24.